The molecule has 31 heavy (non-hydrogen) atoms. The van der Waals surface area contributed by atoms with Gasteiger partial charge in [0.1, 0.15) is 11.9 Å². The van der Waals surface area contributed by atoms with E-state index >= 15 is 0 Å². The first-order valence-corrected chi connectivity index (χ1v) is 10.8. The van der Waals surface area contributed by atoms with Gasteiger partial charge in [-0.1, -0.05) is 38.0 Å². The van der Waals surface area contributed by atoms with Crippen LogP contribution in [0.1, 0.15) is 54.9 Å². The molecule has 0 aromatic heterocycles. The van der Waals surface area contributed by atoms with Crippen LogP contribution in [0, 0.1) is 17.8 Å². The fraction of sp³-hybridized carbons (Fsp3) is 0.609. The number of aliphatic hydroxyl groups excluding tert-OH is 2. The van der Waals surface area contributed by atoms with Crippen molar-refractivity contribution in [3.8, 4) is 5.75 Å². The highest BCUT2D eigenvalue weighted by atomic mass is 19.4. The number of benzene rings is 1. The lowest BCUT2D eigenvalue weighted by molar-refractivity contribution is -0.195. The van der Waals surface area contributed by atoms with Gasteiger partial charge in [-0.05, 0) is 37.0 Å². The van der Waals surface area contributed by atoms with Crippen molar-refractivity contribution in [1.82, 2.24) is 0 Å². The Morgan fingerprint density at radius 3 is 2.74 bits per heavy atom. The number of alkyl halides is 3. The minimum absolute atomic E-state index is 0.112. The zero-order chi connectivity index (χ0) is 22.8. The number of fused-ring (bicyclic) bond motifs is 2. The van der Waals surface area contributed by atoms with Crippen LogP contribution in [-0.2, 0) is 6.42 Å². The maximum absolute atomic E-state index is 13.3. The quantitative estimate of drug-likeness (QED) is 0.546. The van der Waals surface area contributed by atoms with Gasteiger partial charge < -0.3 is 20.1 Å². The summed E-state index contributed by atoms with van der Waals surface area (Å²) < 4.78 is 46.0. The molecular weight excluding hydrogens is 413 g/mol. The summed E-state index contributed by atoms with van der Waals surface area (Å²) in [7, 11) is 0. The van der Waals surface area contributed by atoms with Gasteiger partial charge in [-0.2, -0.15) is 13.2 Å². The second-order valence-electron chi connectivity index (χ2n) is 8.53. The van der Waals surface area contributed by atoms with Crippen LogP contribution >= 0.6 is 0 Å². The summed E-state index contributed by atoms with van der Waals surface area (Å²) in [5.74, 6) is -2.99. The van der Waals surface area contributed by atoms with E-state index in [0.717, 1.165) is 5.56 Å². The van der Waals surface area contributed by atoms with Crippen molar-refractivity contribution >= 4 is 5.97 Å². The van der Waals surface area contributed by atoms with Gasteiger partial charge in [0.15, 0.2) is 0 Å². The van der Waals surface area contributed by atoms with Crippen LogP contribution in [-0.4, -0.2) is 45.8 Å². The van der Waals surface area contributed by atoms with Crippen molar-refractivity contribution in [2.24, 2.45) is 17.8 Å². The van der Waals surface area contributed by atoms with Gasteiger partial charge in [-0.25, -0.2) is 4.79 Å². The molecule has 2 aliphatic rings. The predicted octanol–water partition coefficient (Wildman–Crippen LogP) is 4.36. The van der Waals surface area contributed by atoms with Crippen LogP contribution in [0.2, 0.25) is 0 Å². The number of aromatic carboxylic acids is 1. The van der Waals surface area contributed by atoms with Gasteiger partial charge in [-0.3, -0.25) is 0 Å². The minimum atomic E-state index is -4.50. The van der Waals surface area contributed by atoms with Gasteiger partial charge in [0.25, 0.3) is 0 Å². The third-order valence-electron chi connectivity index (χ3n) is 6.46. The number of rotatable bonds is 7. The summed E-state index contributed by atoms with van der Waals surface area (Å²) in [6, 6.07) is 4.70. The average molecular weight is 442 g/mol. The molecule has 1 saturated carbocycles. The predicted molar refractivity (Wildman–Crippen MR) is 108 cm³/mol. The van der Waals surface area contributed by atoms with E-state index in [-0.39, 0.29) is 24.0 Å². The van der Waals surface area contributed by atoms with Gasteiger partial charge >= 0.3 is 12.1 Å². The molecule has 3 rings (SSSR count). The Morgan fingerprint density at radius 2 is 2.10 bits per heavy atom. The number of aliphatic hydroxyl groups is 2. The average Bonchev–Trinajstić information content (AvgIpc) is 2.86. The first kappa shape index (κ1) is 23.6. The number of carbonyl (C=O) groups is 1. The largest absolute Gasteiger partial charge is 0.490 e. The summed E-state index contributed by atoms with van der Waals surface area (Å²) in [6.45, 7) is 1.80. The van der Waals surface area contributed by atoms with Crippen molar-refractivity contribution in [2.45, 2.75) is 69.9 Å². The molecule has 172 valence electrons. The third-order valence-corrected chi connectivity index (χ3v) is 6.46. The number of ether oxygens (including phenoxy) is 1. The first-order valence-electron chi connectivity index (χ1n) is 10.8. The van der Waals surface area contributed by atoms with Crippen LogP contribution in [0.5, 0.6) is 5.75 Å². The molecule has 1 heterocycles. The Morgan fingerprint density at radius 1 is 1.35 bits per heavy atom. The van der Waals surface area contributed by atoms with E-state index in [1.54, 1.807) is 13.0 Å². The summed E-state index contributed by atoms with van der Waals surface area (Å²) in [5.41, 5.74) is 0.981. The molecule has 8 heteroatoms. The standard InChI is InChI=1S/C23H29F3O5/c1-2-3-4-17(23(24,25)26)18(27)10-9-15-16-8-7-13-5-6-14(22(29)30)11-20(13)31-21(16)12-19(15)28/h5-6,9-11,15-19,21,27-28H,2-4,7-8,12H2,1H3,(H,29,30)/b10-9+/t15-,16-,17-,18-,19-,21+/m1/s1. The minimum Gasteiger partial charge on any atom is -0.490 e. The summed E-state index contributed by atoms with van der Waals surface area (Å²) >= 11 is 0. The molecule has 1 aromatic carbocycles. The lowest BCUT2D eigenvalue weighted by Crippen LogP contribution is -2.33. The van der Waals surface area contributed by atoms with Crippen molar-refractivity contribution in [1.29, 1.82) is 0 Å². The molecule has 0 amide bonds. The molecule has 1 aliphatic carbocycles. The lowest BCUT2D eigenvalue weighted by atomic mass is 9.87. The normalized spacial score (nSPS) is 27.8. The van der Waals surface area contributed by atoms with Crippen molar-refractivity contribution in [2.75, 3.05) is 0 Å². The van der Waals surface area contributed by atoms with Crippen molar-refractivity contribution < 1.29 is 38.0 Å². The maximum atomic E-state index is 13.3. The van der Waals surface area contributed by atoms with Crippen molar-refractivity contribution in [3.63, 3.8) is 0 Å². The fourth-order valence-electron chi connectivity index (χ4n) is 4.71. The monoisotopic (exact) mass is 442 g/mol. The van der Waals surface area contributed by atoms with Gasteiger partial charge in [-0.15, -0.1) is 0 Å². The molecule has 1 aliphatic heterocycles. The summed E-state index contributed by atoms with van der Waals surface area (Å²) in [5, 5.41) is 29.9. The van der Waals surface area contributed by atoms with Crippen LogP contribution in [0.25, 0.3) is 0 Å². The van der Waals surface area contributed by atoms with E-state index in [1.165, 1.54) is 24.3 Å². The number of unbranched alkanes of at least 4 members (excludes halogenated alkanes) is 1. The SMILES string of the molecule is CCCC[C@H]([C@H](O)/C=C/[C@@H]1[C@H]2CCc3ccc(C(=O)O)cc3O[C@H]2C[C@H]1O)C(F)(F)F. The number of aryl methyl sites for hydroxylation is 1. The smallest absolute Gasteiger partial charge is 0.394 e. The second kappa shape index (κ2) is 9.61. The molecule has 0 saturated heterocycles. The van der Waals surface area contributed by atoms with E-state index in [0.29, 0.717) is 37.9 Å². The van der Waals surface area contributed by atoms with Gasteiger partial charge in [0.2, 0.25) is 0 Å². The fourth-order valence-corrected chi connectivity index (χ4v) is 4.71. The Labute approximate surface area is 179 Å². The van der Waals surface area contributed by atoms with E-state index in [4.69, 9.17) is 4.74 Å². The summed E-state index contributed by atoms with van der Waals surface area (Å²) in [6.07, 6.45) is -2.27. The molecular formula is C23H29F3O5. The highest BCUT2D eigenvalue weighted by Gasteiger charge is 2.45. The Kier molecular flexibility index (Phi) is 7.31. The second-order valence-corrected chi connectivity index (χ2v) is 8.53. The number of carboxylic acids is 1. The highest BCUT2D eigenvalue weighted by molar-refractivity contribution is 5.88. The van der Waals surface area contributed by atoms with E-state index in [1.807, 2.05) is 0 Å². The zero-order valence-electron chi connectivity index (χ0n) is 17.4. The third kappa shape index (κ3) is 5.41. The van der Waals surface area contributed by atoms with Crippen molar-refractivity contribution in [3.05, 3.63) is 41.5 Å². The Balaban J connectivity index is 1.74. The number of carboxylic acid groups (broad SMARTS) is 1. The van der Waals surface area contributed by atoms with Crippen LogP contribution in [0.3, 0.4) is 0 Å². The zero-order valence-corrected chi connectivity index (χ0v) is 17.4. The number of hydrogen-bond donors (Lipinski definition) is 3. The number of halogens is 3. The van der Waals surface area contributed by atoms with E-state index in [9.17, 15) is 33.3 Å². The number of hydrogen-bond acceptors (Lipinski definition) is 4. The van der Waals surface area contributed by atoms with E-state index in [2.05, 4.69) is 0 Å². The Hall–Kier alpha value is -2.06. The van der Waals surface area contributed by atoms with Crippen LogP contribution < -0.4 is 4.74 Å². The molecule has 0 unspecified atom stereocenters. The summed E-state index contributed by atoms with van der Waals surface area (Å²) in [4.78, 5) is 11.2. The lowest BCUT2D eigenvalue weighted by Gasteiger charge is -2.25. The molecule has 6 atom stereocenters. The molecule has 0 bridgehead atoms. The molecule has 3 N–H and O–H groups in total. The maximum Gasteiger partial charge on any atom is 0.394 e. The highest BCUT2D eigenvalue weighted by Crippen LogP contribution is 2.43. The molecule has 1 aromatic rings. The van der Waals surface area contributed by atoms with Crippen LogP contribution in [0.4, 0.5) is 13.2 Å². The molecule has 0 spiro atoms. The molecule has 1 fully saturated rings. The van der Waals surface area contributed by atoms with E-state index < -0.39 is 36.2 Å². The topological polar surface area (TPSA) is 87.0 Å². The molecule has 5 nitrogen and oxygen atoms in total. The molecule has 0 radical (unpaired) electrons. The first-order chi connectivity index (χ1) is 14.6. The van der Waals surface area contributed by atoms with Gasteiger partial charge in [0, 0.05) is 18.3 Å². The van der Waals surface area contributed by atoms with Gasteiger partial charge in [0.05, 0.1) is 23.7 Å². The van der Waals surface area contributed by atoms with Crippen LogP contribution in [0.15, 0.2) is 30.4 Å². The Bertz CT molecular complexity index is 807.